The monoisotopic (exact) mass is 350 g/mol. The maximum absolute atomic E-state index is 12.6. The van der Waals surface area contributed by atoms with Gasteiger partial charge in [0.15, 0.2) is 4.80 Å². The number of hydrogen-bond acceptors (Lipinski definition) is 3. The van der Waals surface area contributed by atoms with Gasteiger partial charge in [0.25, 0.3) is 5.91 Å². The molecule has 4 nitrogen and oxygen atoms in total. The van der Waals surface area contributed by atoms with Crippen molar-refractivity contribution in [3.05, 3.63) is 44.7 Å². The van der Waals surface area contributed by atoms with Crippen LogP contribution in [0.15, 0.2) is 28.6 Å². The summed E-state index contributed by atoms with van der Waals surface area (Å²) in [7, 11) is 1.53. The first-order chi connectivity index (χ1) is 11.1. The zero-order valence-electron chi connectivity index (χ0n) is 13.2. The Bertz CT molecular complexity index is 790. The summed E-state index contributed by atoms with van der Waals surface area (Å²) in [5.41, 5.74) is 1.53. The minimum absolute atomic E-state index is 0.325. The lowest BCUT2D eigenvalue weighted by Gasteiger charge is -2.26. The Morgan fingerprint density at radius 1 is 1.48 bits per heavy atom. The van der Waals surface area contributed by atoms with Gasteiger partial charge in [-0.2, -0.15) is 4.99 Å². The molecular weight excluding hydrogens is 332 g/mol. The van der Waals surface area contributed by atoms with Crippen LogP contribution in [0.2, 0.25) is 5.02 Å². The number of amides is 1. The van der Waals surface area contributed by atoms with Gasteiger partial charge in [-0.3, -0.25) is 4.79 Å². The van der Waals surface area contributed by atoms with Gasteiger partial charge in [-0.05, 0) is 43.9 Å². The first-order valence-corrected chi connectivity index (χ1v) is 8.92. The fraction of sp³-hybridized carbons (Fsp3) is 0.412. The van der Waals surface area contributed by atoms with Crippen LogP contribution in [-0.4, -0.2) is 17.6 Å². The number of nitrogens with zero attached hydrogens (tertiary/aromatic N) is 2. The number of hydrogen-bond donors (Lipinski definition) is 0. The summed E-state index contributed by atoms with van der Waals surface area (Å²) in [6.45, 7) is 2.99. The van der Waals surface area contributed by atoms with E-state index in [0.29, 0.717) is 22.3 Å². The molecule has 0 N–H and O–H groups in total. The van der Waals surface area contributed by atoms with E-state index in [2.05, 4.69) is 16.5 Å². The SMILES string of the molecule is COc1ccc(Cl)cc1C(=O)N=c1scc(C)n1CC1CCC1. The molecule has 0 bridgehead atoms. The quantitative estimate of drug-likeness (QED) is 0.834. The van der Waals surface area contributed by atoms with Crippen molar-refractivity contribution in [3.8, 4) is 5.75 Å². The summed E-state index contributed by atoms with van der Waals surface area (Å²) >= 11 is 7.49. The van der Waals surface area contributed by atoms with Crippen LogP contribution in [0, 0.1) is 12.8 Å². The number of aromatic nitrogens is 1. The van der Waals surface area contributed by atoms with E-state index in [1.54, 1.807) is 18.2 Å². The predicted molar refractivity (Wildman–Crippen MR) is 92.3 cm³/mol. The minimum atomic E-state index is -0.325. The Morgan fingerprint density at radius 2 is 2.26 bits per heavy atom. The highest BCUT2D eigenvalue weighted by Crippen LogP contribution is 2.28. The second kappa shape index (κ2) is 6.89. The molecule has 1 aliphatic rings. The third kappa shape index (κ3) is 3.51. The second-order valence-corrected chi connectivity index (χ2v) is 7.10. The van der Waals surface area contributed by atoms with Gasteiger partial charge in [-0.15, -0.1) is 11.3 Å². The topological polar surface area (TPSA) is 43.6 Å². The van der Waals surface area contributed by atoms with Crippen molar-refractivity contribution < 1.29 is 9.53 Å². The maximum Gasteiger partial charge on any atom is 0.283 e. The van der Waals surface area contributed by atoms with Crippen LogP contribution in [0.1, 0.15) is 35.3 Å². The van der Waals surface area contributed by atoms with E-state index in [-0.39, 0.29) is 5.91 Å². The zero-order chi connectivity index (χ0) is 16.4. The van der Waals surface area contributed by atoms with E-state index >= 15 is 0 Å². The summed E-state index contributed by atoms with van der Waals surface area (Å²) in [4.78, 5) is 17.6. The molecule has 23 heavy (non-hydrogen) atoms. The highest BCUT2D eigenvalue weighted by Gasteiger charge is 2.19. The fourth-order valence-electron chi connectivity index (χ4n) is 2.65. The molecule has 0 spiro atoms. The van der Waals surface area contributed by atoms with Crippen molar-refractivity contribution in [2.75, 3.05) is 7.11 Å². The number of rotatable bonds is 4. The molecule has 2 aromatic rings. The molecule has 1 aromatic heterocycles. The average Bonchev–Trinajstić information content (AvgIpc) is 2.83. The third-order valence-corrected chi connectivity index (χ3v) is 5.46. The van der Waals surface area contributed by atoms with Gasteiger partial charge in [0, 0.05) is 22.6 Å². The number of carbonyl (C=O) groups is 1. The summed E-state index contributed by atoms with van der Waals surface area (Å²) < 4.78 is 7.39. The van der Waals surface area contributed by atoms with Gasteiger partial charge in [0.2, 0.25) is 0 Å². The smallest absolute Gasteiger partial charge is 0.283 e. The van der Waals surface area contributed by atoms with Gasteiger partial charge >= 0.3 is 0 Å². The van der Waals surface area contributed by atoms with Crippen LogP contribution < -0.4 is 9.54 Å². The van der Waals surface area contributed by atoms with Gasteiger partial charge in [0.1, 0.15) is 5.75 Å². The van der Waals surface area contributed by atoms with E-state index < -0.39 is 0 Å². The Balaban J connectivity index is 1.95. The number of thiazole rings is 1. The number of halogens is 1. The normalized spacial score (nSPS) is 15.5. The summed E-state index contributed by atoms with van der Waals surface area (Å²) in [6.07, 6.45) is 3.83. The van der Waals surface area contributed by atoms with Gasteiger partial charge < -0.3 is 9.30 Å². The highest BCUT2D eigenvalue weighted by atomic mass is 35.5. The lowest BCUT2D eigenvalue weighted by Crippen LogP contribution is -2.26. The molecule has 1 amide bonds. The average molecular weight is 351 g/mol. The van der Waals surface area contributed by atoms with E-state index in [4.69, 9.17) is 16.3 Å². The fourth-order valence-corrected chi connectivity index (χ4v) is 3.71. The number of aryl methyl sites for hydroxylation is 1. The third-order valence-electron chi connectivity index (χ3n) is 4.25. The maximum atomic E-state index is 12.6. The Labute approximate surface area is 144 Å². The number of ether oxygens (including phenoxy) is 1. The molecule has 0 radical (unpaired) electrons. The highest BCUT2D eigenvalue weighted by molar-refractivity contribution is 7.07. The summed E-state index contributed by atoms with van der Waals surface area (Å²) in [5.74, 6) is 0.869. The van der Waals surface area contributed by atoms with Crippen molar-refractivity contribution in [2.45, 2.75) is 32.7 Å². The molecule has 1 heterocycles. The first kappa shape index (κ1) is 16.3. The van der Waals surface area contributed by atoms with Crippen molar-refractivity contribution >= 4 is 28.8 Å². The number of carbonyl (C=O) groups excluding carboxylic acids is 1. The Kier molecular flexibility index (Phi) is 4.87. The molecular formula is C17H19ClN2O2S. The van der Waals surface area contributed by atoms with Gasteiger partial charge in [-0.1, -0.05) is 18.0 Å². The molecule has 122 valence electrons. The first-order valence-electron chi connectivity index (χ1n) is 7.66. The van der Waals surface area contributed by atoms with E-state index in [1.807, 2.05) is 5.38 Å². The zero-order valence-corrected chi connectivity index (χ0v) is 14.8. The summed E-state index contributed by atoms with van der Waals surface area (Å²) in [6, 6.07) is 4.99. The van der Waals surface area contributed by atoms with Crippen molar-refractivity contribution in [2.24, 2.45) is 10.9 Å². The molecule has 0 saturated heterocycles. The van der Waals surface area contributed by atoms with Crippen LogP contribution in [-0.2, 0) is 6.54 Å². The standard InChI is InChI=1S/C17H19ClN2O2S/c1-11-10-23-17(20(11)9-12-4-3-5-12)19-16(21)14-8-13(18)6-7-15(14)22-2/h6-8,10,12H,3-5,9H2,1-2H3. The van der Waals surface area contributed by atoms with Crippen LogP contribution in [0.5, 0.6) is 5.75 Å². The van der Waals surface area contributed by atoms with Crippen LogP contribution in [0.25, 0.3) is 0 Å². The van der Waals surface area contributed by atoms with E-state index in [0.717, 1.165) is 17.0 Å². The van der Waals surface area contributed by atoms with Crippen LogP contribution in [0.4, 0.5) is 0 Å². The van der Waals surface area contributed by atoms with Gasteiger partial charge in [-0.25, -0.2) is 0 Å². The van der Waals surface area contributed by atoms with E-state index in [9.17, 15) is 4.79 Å². The van der Waals surface area contributed by atoms with Crippen molar-refractivity contribution in [1.82, 2.24) is 4.57 Å². The predicted octanol–water partition coefficient (Wildman–Crippen LogP) is 4.06. The molecule has 1 saturated carbocycles. The van der Waals surface area contributed by atoms with Crippen molar-refractivity contribution in [1.29, 1.82) is 0 Å². The van der Waals surface area contributed by atoms with E-state index in [1.165, 1.54) is 37.7 Å². The Hall–Kier alpha value is -1.59. The lowest BCUT2D eigenvalue weighted by atomic mass is 9.85. The molecule has 0 atom stereocenters. The number of methoxy groups -OCH3 is 1. The molecule has 6 heteroatoms. The molecule has 1 fully saturated rings. The summed E-state index contributed by atoms with van der Waals surface area (Å²) in [5, 5.41) is 2.54. The van der Waals surface area contributed by atoms with Gasteiger partial charge in [0.05, 0.1) is 12.7 Å². The molecule has 0 aliphatic heterocycles. The Morgan fingerprint density at radius 3 is 2.91 bits per heavy atom. The minimum Gasteiger partial charge on any atom is -0.496 e. The molecule has 1 aliphatic carbocycles. The van der Waals surface area contributed by atoms with Crippen molar-refractivity contribution in [3.63, 3.8) is 0 Å². The second-order valence-electron chi connectivity index (χ2n) is 5.83. The molecule has 1 aromatic carbocycles. The molecule has 3 rings (SSSR count). The lowest BCUT2D eigenvalue weighted by molar-refractivity contribution is 0.0994. The van der Waals surface area contributed by atoms with Crippen LogP contribution >= 0.6 is 22.9 Å². The van der Waals surface area contributed by atoms with Crippen LogP contribution in [0.3, 0.4) is 0 Å². The largest absolute Gasteiger partial charge is 0.496 e. The molecule has 0 unspecified atom stereocenters. The number of benzene rings is 1.